The van der Waals surface area contributed by atoms with Gasteiger partial charge in [0.05, 0.1) is 5.71 Å². The second-order valence-electron chi connectivity index (χ2n) is 6.55. The minimum absolute atomic E-state index is 0.0792. The zero-order valence-corrected chi connectivity index (χ0v) is 14.3. The van der Waals surface area contributed by atoms with Crippen LogP contribution in [0.1, 0.15) is 55.6 Å². The van der Waals surface area contributed by atoms with Gasteiger partial charge >= 0.3 is 0 Å². The molecule has 2 aromatic rings. The van der Waals surface area contributed by atoms with E-state index in [9.17, 15) is 4.79 Å². The first kappa shape index (κ1) is 16.9. The number of nitrogens with one attached hydrogen (secondary N) is 1. The number of benzene rings is 2. The normalized spacial score (nSPS) is 12.1. The maximum Gasteiger partial charge on any atom is 0.271 e. The van der Waals surface area contributed by atoms with Gasteiger partial charge < -0.3 is 0 Å². The summed E-state index contributed by atoms with van der Waals surface area (Å²) in [7, 11) is 0. The van der Waals surface area contributed by atoms with E-state index in [0.29, 0.717) is 5.56 Å². The maximum atomic E-state index is 12.2. The van der Waals surface area contributed by atoms with Crippen molar-refractivity contribution < 1.29 is 4.79 Å². The molecule has 0 atom stereocenters. The lowest BCUT2D eigenvalue weighted by molar-refractivity contribution is 0.0954. The molecule has 0 aliphatic heterocycles. The molecule has 0 radical (unpaired) electrons. The summed E-state index contributed by atoms with van der Waals surface area (Å²) < 4.78 is 0. The first-order valence-corrected chi connectivity index (χ1v) is 7.94. The SMILES string of the molecule is CCC(=NNC(=O)c1ccc(C(C)(C)C)cc1)c1ccccc1. The van der Waals surface area contributed by atoms with E-state index >= 15 is 0 Å². The number of carbonyl (C=O) groups excluding carboxylic acids is 1. The third kappa shape index (κ3) is 4.52. The summed E-state index contributed by atoms with van der Waals surface area (Å²) in [6.45, 7) is 8.48. The highest BCUT2D eigenvalue weighted by molar-refractivity contribution is 6.02. The molecule has 0 aliphatic carbocycles. The Morgan fingerprint density at radius 1 is 0.957 bits per heavy atom. The quantitative estimate of drug-likeness (QED) is 0.654. The van der Waals surface area contributed by atoms with E-state index in [1.165, 1.54) is 5.56 Å². The molecule has 0 spiro atoms. The molecular formula is C20H24N2O. The summed E-state index contributed by atoms with van der Waals surface area (Å²) in [6, 6.07) is 17.6. The Labute approximate surface area is 138 Å². The monoisotopic (exact) mass is 308 g/mol. The second kappa shape index (κ2) is 7.23. The number of amides is 1. The van der Waals surface area contributed by atoms with Crippen molar-refractivity contribution in [3.05, 3.63) is 71.3 Å². The third-order valence-electron chi connectivity index (χ3n) is 3.75. The first-order valence-electron chi connectivity index (χ1n) is 7.94. The van der Waals surface area contributed by atoms with Crippen molar-refractivity contribution >= 4 is 11.6 Å². The van der Waals surface area contributed by atoms with Crippen LogP contribution in [0, 0.1) is 0 Å². The van der Waals surface area contributed by atoms with Crippen LogP contribution in [-0.4, -0.2) is 11.6 Å². The fourth-order valence-electron chi connectivity index (χ4n) is 2.28. The van der Waals surface area contributed by atoms with Gasteiger partial charge in [-0.15, -0.1) is 0 Å². The topological polar surface area (TPSA) is 41.5 Å². The van der Waals surface area contributed by atoms with E-state index in [2.05, 4.69) is 31.3 Å². The Bertz CT molecular complexity index is 680. The molecule has 0 saturated heterocycles. The molecule has 0 aliphatic rings. The van der Waals surface area contributed by atoms with Gasteiger partial charge in [0.1, 0.15) is 0 Å². The standard InChI is InChI=1S/C20H24N2O/c1-5-18(15-9-7-6-8-10-15)21-22-19(23)16-11-13-17(14-12-16)20(2,3)4/h6-14H,5H2,1-4H3,(H,22,23). The molecule has 3 heteroatoms. The number of hydrogen-bond acceptors (Lipinski definition) is 2. The molecule has 2 rings (SSSR count). The predicted molar refractivity (Wildman–Crippen MR) is 95.9 cm³/mol. The third-order valence-corrected chi connectivity index (χ3v) is 3.75. The first-order chi connectivity index (χ1) is 10.9. The number of rotatable bonds is 4. The highest BCUT2D eigenvalue weighted by Gasteiger charge is 2.14. The minimum Gasteiger partial charge on any atom is -0.267 e. The fraction of sp³-hybridized carbons (Fsp3) is 0.300. The Morgan fingerprint density at radius 3 is 2.09 bits per heavy atom. The number of hydrogen-bond donors (Lipinski definition) is 1. The smallest absolute Gasteiger partial charge is 0.267 e. The largest absolute Gasteiger partial charge is 0.271 e. The van der Waals surface area contributed by atoms with Crippen LogP contribution >= 0.6 is 0 Å². The van der Waals surface area contributed by atoms with Gasteiger partial charge in [0.25, 0.3) is 5.91 Å². The Hall–Kier alpha value is -2.42. The average Bonchev–Trinajstić information content (AvgIpc) is 2.55. The lowest BCUT2D eigenvalue weighted by atomic mass is 9.87. The summed E-state index contributed by atoms with van der Waals surface area (Å²) >= 11 is 0. The van der Waals surface area contributed by atoms with Gasteiger partial charge in [0.2, 0.25) is 0 Å². The van der Waals surface area contributed by atoms with E-state index in [1.807, 2.05) is 61.5 Å². The van der Waals surface area contributed by atoms with Crippen molar-refractivity contribution in [2.45, 2.75) is 39.5 Å². The van der Waals surface area contributed by atoms with E-state index in [1.54, 1.807) is 0 Å². The van der Waals surface area contributed by atoms with Crippen LogP contribution < -0.4 is 5.43 Å². The van der Waals surface area contributed by atoms with Crippen LogP contribution in [-0.2, 0) is 5.41 Å². The number of hydrazone groups is 1. The molecule has 3 nitrogen and oxygen atoms in total. The van der Waals surface area contributed by atoms with E-state index < -0.39 is 0 Å². The van der Waals surface area contributed by atoms with Crippen LogP contribution in [0.5, 0.6) is 0 Å². The molecule has 2 aromatic carbocycles. The second-order valence-corrected chi connectivity index (χ2v) is 6.55. The summed E-state index contributed by atoms with van der Waals surface area (Å²) in [5.74, 6) is -0.188. The molecule has 23 heavy (non-hydrogen) atoms. The summed E-state index contributed by atoms with van der Waals surface area (Å²) in [4.78, 5) is 12.2. The molecule has 0 unspecified atom stereocenters. The van der Waals surface area contributed by atoms with Crippen molar-refractivity contribution in [3.8, 4) is 0 Å². The summed E-state index contributed by atoms with van der Waals surface area (Å²) in [5, 5.41) is 4.28. The van der Waals surface area contributed by atoms with E-state index in [-0.39, 0.29) is 11.3 Å². The average molecular weight is 308 g/mol. The molecule has 0 saturated carbocycles. The summed E-state index contributed by atoms with van der Waals surface area (Å²) in [6.07, 6.45) is 0.757. The van der Waals surface area contributed by atoms with Crippen molar-refractivity contribution in [3.63, 3.8) is 0 Å². The lowest BCUT2D eigenvalue weighted by Gasteiger charge is -2.18. The lowest BCUT2D eigenvalue weighted by Crippen LogP contribution is -2.20. The van der Waals surface area contributed by atoms with Crippen molar-refractivity contribution in [2.75, 3.05) is 0 Å². The maximum absolute atomic E-state index is 12.2. The van der Waals surface area contributed by atoms with Gasteiger partial charge in [-0.05, 0) is 35.1 Å². The van der Waals surface area contributed by atoms with Gasteiger partial charge in [-0.3, -0.25) is 4.79 Å². The van der Waals surface area contributed by atoms with Crippen LogP contribution in [0.25, 0.3) is 0 Å². The number of nitrogens with zero attached hydrogens (tertiary/aromatic N) is 1. The zero-order valence-electron chi connectivity index (χ0n) is 14.3. The van der Waals surface area contributed by atoms with Crippen molar-refractivity contribution in [1.29, 1.82) is 0 Å². The van der Waals surface area contributed by atoms with Crippen molar-refractivity contribution in [1.82, 2.24) is 5.43 Å². The van der Waals surface area contributed by atoms with Crippen LogP contribution in [0.4, 0.5) is 0 Å². The molecule has 1 amide bonds. The Balaban J connectivity index is 2.11. The Kier molecular flexibility index (Phi) is 5.32. The van der Waals surface area contributed by atoms with Gasteiger partial charge in [0.15, 0.2) is 0 Å². The Morgan fingerprint density at radius 2 is 1.57 bits per heavy atom. The summed E-state index contributed by atoms with van der Waals surface area (Å²) in [5.41, 5.74) is 6.45. The highest BCUT2D eigenvalue weighted by atomic mass is 16.2. The molecule has 0 bridgehead atoms. The van der Waals surface area contributed by atoms with Gasteiger partial charge in [-0.1, -0.05) is 70.2 Å². The van der Waals surface area contributed by atoms with Crippen LogP contribution in [0.15, 0.2) is 59.7 Å². The minimum atomic E-state index is -0.188. The van der Waals surface area contributed by atoms with Crippen LogP contribution in [0.3, 0.4) is 0 Å². The van der Waals surface area contributed by atoms with Crippen LogP contribution in [0.2, 0.25) is 0 Å². The zero-order chi connectivity index (χ0) is 16.9. The van der Waals surface area contributed by atoms with Gasteiger partial charge in [-0.25, -0.2) is 5.43 Å². The van der Waals surface area contributed by atoms with Gasteiger partial charge in [0, 0.05) is 5.56 Å². The van der Waals surface area contributed by atoms with E-state index in [0.717, 1.165) is 17.7 Å². The molecule has 0 aromatic heterocycles. The molecular weight excluding hydrogens is 284 g/mol. The molecule has 0 fully saturated rings. The van der Waals surface area contributed by atoms with Gasteiger partial charge in [-0.2, -0.15) is 5.10 Å². The van der Waals surface area contributed by atoms with Crippen molar-refractivity contribution in [2.24, 2.45) is 5.10 Å². The molecule has 120 valence electrons. The predicted octanol–water partition coefficient (Wildman–Crippen LogP) is 4.53. The fourth-order valence-corrected chi connectivity index (χ4v) is 2.28. The van der Waals surface area contributed by atoms with E-state index in [4.69, 9.17) is 0 Å². The molecule has 1 N–H and O–H groups in total. The number of carbonyl (C=O) groups is 1. The highest BCUT2D eigenvalue weighted by Crippen LogP contribution is 2.22. The molecule has 0 heterocycles.